The van der Waals surface area contributed by atoms with Crippen LogP contribution < -0.4 is 0 Å². The number of H-pyrrole nitrogens is 1. The number of aromatic nitrogens is 3. The molecule has 6 heteroatoms. The number of hydrogen-bond acceptors (Lipinski definition) is 3. The van der Waals surface area contributed by atoms with Gasteiger partial charge < -0.3 is 5.11 Å². The molecule has 1 unspecified atom stereocenters. The molecule has 0 saturated heterocycles. The number of aromatic amines is 1. The largest absolute Gasteiger partial charge is 0.389 e. The van der Waals surface area contributed by atoms with E-state index >= 15 is 0 Å². The van der Waals surface area contributed by atoms with Gasteiger partial charge in [-0.1, -0.05) is 11.6 Å². The predicted molar refractivity (Wildman–Crippen MR) is 57.8 cm³/mol. The summed E-state index contributed by atoms with van der Waals surface area (Å²) in [5.74, 6) is 0. The highest BCUT2D eigenvalue weighted by Gasteiger charge is 2.01. The van der Waals surface area contributed by atoms with Crippen LogP contribution in [0.1, 0.15) is 13.3 Å². The lowest BCUT2D eigenvalue weighted by Crippen LogP contribution is -2.07. The Morgan fingerprint density at radius 3 is 3.13 bits per heavy atom. The zero-order valence-corrected chi connectivity index (χ0v) is 9.30. The molecule has 1 rings (SSSR count). The summed E-state index contributed by atoms with van der Waals surface area (Å²) < 4.78 is 14.0. The molecule has 1 aromatic rings. The lowest BCUT2D eigenvalue weighted by Gasteiger charge is -2.06. The van der Waals surface area contributed by atoms with E-state index < -0.39 is 12.8 Å². The van der Waals surface area contributed by atoms with Crippen molar-refractivity contribution in [3.8, 4) is 0 Å². The molecule has 1 atom stereocenters. The fourth-order valence-corrected chi connectivity index (χ4v) is 1.39. The van der Waals surface area contributed by atoms with Crippen LogP contribution in [0.25, 0.3) is 0 Å². The first kappa shape index (κ1) is 12.1. The van der Waals surface area contributed by atoms with Gasteiger partial charge in [0.1, 0.15) is 6.33 Å². The molecule has 0 spiro atoms. The molecule has 1 heterocycles. The van der Waals surface area contributed by atoms with Crippen molar-refractivity contribution >= 4 is 12.2 Å². The van der Waals surface area contributed by atoms with Crippen molar-refractivity contribution in [2.45, 2.75) is 26.0 Å². The van der Waals surface area contributed by atoms with Crippen molar-refractivity contribution in [2.24, 2.45) is 0 Å². The molecule has 84 valence electrons. The Hall–Kier alpha value is -1.01. The van der Waals surface area contributed by atoms with Crippen LogP contribution in [0.3, 0.4) is 0 Å². The molecule has 0 aromatic carbocycles. The molecular weight excluding hydrogens is 217 g/mol. The Balaban J connectivity index is 2.59. The van der Waals surface area contributed by atoms with Crippen LogP contribution in [0.2, 0.25) is 0 Å². The van der Waals surface area contributed by atoms with Gasteiger partial charge in [0.2, 0.25) is 4.77 Å². The third-order valence-electron chi connectivity index (χ3n) is 1.91. The standard InChI is InChI=1S/C9H14FN3OS/c1-7(4-8(14)2-3-10)5-13-9(15)11-6-12-13/h4,6,8,14H,2-3,5H2,1H3,(H,11,12,15). The maximum atomic E-state index is 11.9. The molecule has 0 amide bonds. The van der Waals surface area contributed by atoms with E-state index in [2.05, 4.69) is 10.1 Å². The zero-order chi connectivity index (χ0) is 11.3. The Kier molecular flexibility index (Phi) is 4.64. The van der Waals surface area contributed by atoms with Crippen molar-refractivity contribution in [1.29, 1.82) is 0 Å². The topological polar surface area (TPSA) is 53.8 Å². The van der Waals surface area contributed by atoms with E-state index in [0.29, 0.717) is 11.3 Å². The highest BCUT2D eigenvalue weighted by molar-refractivity contribution is 7.71. The van der Waals surface area contributed by atoms with Crippen LogP contribution in [0, 0.1) is 4.77 Å². The van der Waals surface area contributed by atoms with Crippen LogP contribution in [0.5, 0.6) is 0 Å². The fraction of sp³-hybridized carbons (Fsp3) is 0.556. The SMILES string of the molecule is CC(=CC(O)CCF)Cn1[nH]cnc1=S. The minimum atomic E-state index is -0.730. The molecule has 15 heavy (non-hydrogen) atoms. The maximum Gasteiger partial charge on any atom is 0.216 e. The first-order chi connectivity index (χ1) is 7.13. The van der Waals surface area contributed by atoms with E-state index in [9.17, 15) is 9.50 Å². The van der Waals surface area contributed by atoms with Gasteiger partial charge in [0.25, 0.3) is 0 Å². The summed E-state index contributed by atoms with van der Waals surface area (Å²) >= 11 is 4.94. The van der Waals surface area contributed by atoms with Crippen molar-refractivity contribution < 1.29 is 9.50 Å². The van der Waals surface area contributed by atoms with Gasteiger partial charge in [0, 0.05) is 6.42 Å². The average Bonchev–Trinajstić information content (AvgIpc) is 2.52. The molecule has 0 bridgehead atoms. The molecule has 0 aliphatic heterocycles. The van der Waals surface area contributed by atoms with E-state index in [4.69, 9.17) is 12.2 Å². The van der Waals surface area contributed by atoms with Crippen molar-refractivity contribution in [3.63, 3.8) is 0 Å². The molecule has 0 aliphatic rings. The molecule has 0 radical (unpaired) electrons. The van der Waals surface area contributed by atoms with Gasteiger partial charge in [-0.05, 0) is 19.1 Å². The molecule has 0 saturated carbocycles. The zero-order valence-electron chi connectivity index (χ0n) is 8.48. The fourth-order valence-electron chi connectivity index (χ4n) is 1.22. The molecule has 0 aliphatic carbocycles. The smallest absolute Gasteiger partial charge is 0.216 e. The summed E-state index contributed by atoms with van der Waals surface area (Å²) in [6.45, 7) is 1.86. The highest BCUT2D eigenvalue weighted by atomic mass is 32.1. The number of nitrogens with zero attached hydrogens (tertiary/aromatic N) is 2. The summed E-state index contributed by atoms with van der Waals surface area (Å²) in [5, 5.41) is 12.2. The first-order valence-corrected chi connectivity index (χ1v) is 5.06. The number of alkyl halides is 1. The summed E-state index contributed by atoms with van der Waals surface area (Å²) in [5.41, 5.74) is 0.913. The van der Waals surface area contributed by atoms with Crippen molar-refractivity contribution in [1.82, 2.24) is 14.8 Å². The quantitative estimate of drug-likeness (QED) is 0.598. The van der Waals surface area contributed by atoms with Crippen LogP contribution in [0.4, 0.5) is 4.39 Å². The number of hydrogen-bond donors (Lipinski definition) is 2. The second-order valence-corrected chi connectivity index (χ2v) is 3.68. The number of allylic oxidation sites excluding steroid dienone is 1. The van der Waals surface area contributed by atoms with E-state index in [0.717, 1.165) is 5.57 Å². The van der Waals surface area contributed by atoms with Gasteiger partial charge in [0.05, 0.1) is 19.3 Å². The van der Waals surface area contributed by atoms with Gasteiger partial charge >= 0.3 is 0 Å². The minimum absolute atomic E-state index is 0.131. The summed E-state index contributed by atoms with van der Waals surface area (Å²) in [6, 6.07) is 0. The van der Waals surface area contributed by atoms with Crippen molar-refractivity contribution in [2.75, 3.05) is 6.67 Å². The third-order valence-corrected chi connectivity index (χ3v) is 2.23. The average molecular weight is 231 g/mol. The monoisotopic (exact) mass is 231 g/mol. The minimum Gasteiger partial charge on any atom is -0.389 e. The Bertz CT molecular complexity index is 385. The maximum absolute atomic E-state index is 11.9. The summed E-state index contributed by atoms with van der Waals surface area (Å²) in [4.78, 5) is 3.86. The molecule has 4 nitrogen and oxygen atoms in total. The Labute approximate surface area is 92.4 Å². The number of rotatable bonds is 5. The van der Waals surface area contributed by atoms with E-state index in [1.807, 2.05) is 6.92 Å². The number of aliphatic hydroxyl groups excluding tert-OH is 1. The molecule has 2 N–H and O–H groups in total. The highest BCUT2D eigenvalue weighted by Crippen LogP contribution is 2.03. The second-order valence-electron chi connectivity index (χ2n) is 3.31. The predicted octanol–water partition coefficient (Wildman–Crippen LogP) is 1.61. The van der Waals surface area contributed by atoms with E-state index in [-0.39, 0.29) is 6.42 Å². The Morgan fingerprint density at radius 2 is 2.60 bits per heavy atom. The second kappa shape index (κ2) is 5.77. The third kappa shape index (κ3) is 3.93. The van der Waals surface area contributed by atoms with Gasteiger partial charge in [0.15, 0.2) is 0 Å². The molecular formula is C9H14FN3OS. The van der Waals surface area contributed by atoms with Crippen LogP contribution in [0.15, 0.2) is 18.0 Å². The van der Waals surface area contributed by atoms with Gasteiger partial charge in [-0.15, -0.1) is 0 Å². The molecule has 0 fully saturated rings. The summed E-state index contributed by atoms with van der Waals surface area (Å²) in [6.07, 6.45) is 2.54. The van der Waals surface area contributed by atoms with Crippen LogP contribution in [-0.2, 0) is 6.54 Å². The van der Waals surface area contributed by atoms with Crippen LogP contribution in [-0.4, -0.2) is 32.6 Å². The summed E-state index contributed by atoms with van der Waals surface area (Å²) in [7, 11) is 0. The van der Waals surface area contributed by atoms with Crippen molar-refractivity contribution in [3.05, 3.63) is 22.7 Å². The van der Waals surface area contributed by atoms with Gasteiger partial charge in [-0.2, -0.15) is 0 Å². The van der Waals surface area contributed by atoms with Gasteiger partial charge in [-0.3, -0.25) is 14.2 Å². The lowest BCUT2D eigenvalue weighted by atomic mass is 10.2. The molecule has 1 aromatic heterocycles. The Morgan fingerprint density at radius 1 is 1.87 bits per heavy atom. The number of aliphatic hydroxyl groups is 1. The number of halogens is 1. The van der Waals surface area contributed by atoms with Gasteiger partial charge in [-0.25, -0.2) is 4.98 Å². The van der Waals surface area contributed by atoms with E-state index in [1.165, 1.54) is 6.33 Å². The first-order valence-electron chi connectivity index (χ1n) is 4.65. The normalized spacial score (nSPS) is 14.2. The number of nitrogens with one attached hydrogen (secondary N) is 1. The van der Waals surface area contributed by atoms with E-state index in [1.54, 1.807) is 10.8 Å². The lowest BCUT2D eigenvalue weighted by molar-refractivity contribution is 0.198. The van der Waals surface area contributed by atoms with Crippen LogP contribution >= 0.6 is 12.2 Å².